The lowest BCUT2D eigenvalue weighted by Gasteiger charge is -2.38. The maximum atomic E-state index is 7.31. The number of ether oxygens (including phenoxy) is 1. The first-order valence-corrected chi connectivity index (χ1v) is 16.1. The van der Waals surface area contributed by atoms with E-state index in [9.17, 15) is 0 Å². The van der Waals surface area contributed by atoms with Crippen molar-refractivity contribution < 1.29 is 4.74 Å². The molecule has 5 aromatic carbocycles. The highest BCUT2D eigenvalue weighted by Crippen LogP contribution is 2.61. The van der Waals surface area contributed by atoms with Crippen LogP contribution in [0.15, 0.2) is 103 Å². The van der Waals surface area contributed by atoms with Crippen LogP contribution in [0.2, 0.25) is 0 Å². The second-order valence-electron chi connectivity index (χ2n) is 12.9. The van der Waals surface area contributed by atoms with Crippen LogP contribution < -0.4 is 9.64 Å². The minimum atomic E-state index is -0.183. The van der Waals surface area contributed by atoms with E-state index in [-0.39, 0.29) is 11.5 Å². The van der Waals surface area contributed by atoms with E-state index in [0.29, 0.717) is 0 Å². The second kappa shape index (κ2) is 10.5. The molecule has 5 aromatic rings. The molecule has 8 rings (SSSR count). The molecule has 3 aliphatic rings. The maximum absolute atomic E-state index is 7.31. The van der Waals surface area contributed by atoms with E-state index in [1.807, 2.05) is 0 Å². The third-order valence-electron chi connectivity index (χ3n) is 10.2. The molecule has 214 valence electrons. The fourth-order valence-electron chi connectivity index (χ4n) is 8.22. The Bertz CT molecular complexity index is 1840. The molecule has 0 aromatic heterocycles. The average molecular weight is 562 g/mol. The molecule has 0 bridgehead atoms. The largest absolute Gasteiger partial charge is 0.480 e. The molecule has 1 atom stereocenters. The van der Waals surface area contributed by atoms with Crippen LogP contribution in [0, 0.1) is 0 Å². The van der Waals surface area contributed by atoms with Gasteiger partial charge < -0.3 is 9.64 Å². The third kappa shape index (κ3) is 4.14. The number of rotatable bonds is 3. The van der Waals surface area contributed by atoms with Crippen molar-refractivity contribution in [3.63, 3.8) is 0 Å². The Morgan fingerprint density at radius 2 is 1.33 bits per heavy atom. The highest BCUT2D eigenvalue weighted by molar-refractivity contribution is 6.10. The maximum Gasteiger partial charge on any atom is 0.150 e. The van der Waals surface area contributed by atoms with Crippen molar-refractivity contribution in [1.82, 2.24) is 0 Å². The van der Waals surface area contributed by atoms with Gasteiger partial charge in [0.1, 0.15) is 11.9 Å². The van der Waals surface area contributed by atoms with Crippen molar-refractivity contribution in [2.24, 2.45) is 0 Å². The van der Waals surface area contributed by atoms with Gasteiger partial charge in [-0.1, -0.05) is 123 Å². The number of hydrogen-bond acceptors (Lipinski definition) is 2. The summed E-state index contributed by atoms with van der Waals surface area (Å²) in [5, 5.41) is 2.54. The van der Waals surface area contributed by atoms with E-state index in [4.69, 9.17) is 4.74 Å². The zero-order valence-corrected chi connectivity index (χ0v) is 25.3. The normalized spacial score (nSPS) is 18.6. The molecule has 1 heterocycles. The van der Waals surface area contributed by atoms with Gasteiger partial charge in [-0.25, -0.2) is 0 Å². The van der Waals surface area contributed by atoms with E-state index >= 15 is 0 Å². The van der Waals surface area contributed by atoms with Gasteiger partial charge in [0.25, 0.3) is 0 Å². The van der Waals surface area contributed by atoms with Crippen molar-refractivity contribution in [2.45, 2.75) is 56.5 Å². The fourth-order valence-corrected chi connectivity index (χ4v) is 8.22. The van der Waals surface area contributed by atoms with Crippen molar-refractivity contribution in [3.05, 3.63) is 131 Å². The predicted molar refractivity (Wildman–Crippen MR) is 181 cm³/mol. The molecule has 2 aliphatic carbocycles. The summed E-state index contributed by atoms with van der Waals surface area (Å²) < 4.78 is 7.31. The van der Waals surface area contributed by atoms with Crippen LogP contribution in [0.25, 0.3) is 33.5 Å². The standard InChI is InChI=1S/C41H39NO/c1-42(2)30-23-21-28(22-24-30)34-27-35-38-37(33-19-11-12-20-36(33)41(38)25-13-4-3-5-14-26-41)31-17-9-10-18-32(31)40(35)43-39(34)29-15-7-6-8-16-29/h6-12,15-24,27,39H,3-5,13-14,25-26H2,1-2H3. The number of benzene rings is 5. The van der Waals surface area contributed by atoms with Gasteiger partial charge in [-0.05, 0) is 69.8 Å². The molecule has 2 nitrogen and oxygen atoms in total. The Labute approximate surface area is 255 Å². The second-order valence-corrected chi connectivity index (χ2v) is 12.9. The Balaban J connectivity index is 1.45. The number of nitrogens with zero attached hydrogens (tertiary/aromatic N) is 1. The van der Waals surface area contributed by atoms with Crippen molar-refractivity contribution in [2.75, 3.05) is 19.0 Å². The summed E-state index contributed by atoms with van der Waals surface area (Å²) in [5.41, 5.74) is 12.0. The van der Waals surface area contributed by atoms with Gasteiger partial charge in [-0.3, -0.25) is 0 Å². The lowest BCUT2D eigenvalue weighted by molar-refractivity contribution is 0.263. The average Bonchev–Trinajstić information content (AvgIpc) is 3.34. The molecule has 0 radical (unpaired) electrons. The molecule has 2 heteroatoms. The molecular formula is C41H39NO. The van der Waals surface area contributed by atoms with Crippen LogP contribution in [-0.4, -0.2) is 14.1 Å². The van der Waals surface area contributed by atoms with Gasteiger partial charge >= 0.3 is 0 Å². The summed E-state index contributed by atoms with van der Waals surface area (Å²) in [6.07, 6.45) is 11.3. The molecule has 0 amide bonds. The highest BCUT2D eigenvalue weighted by atomic mass is 16.5. The summed E-state index contributed by atoms with van der Waals surface area (Å²) in [5.74, 6) is 1.05. The Kier molecular flexibility index (Phi) is 6.40. The zero-order valence-electron chi connectivity index (χ0n) is 25.3. The van der Waals surface area contributed by atoms with Gasteiger partial charge in [0, 0.05) is 41.7 Å². The Morgan fingerprint density at radius 1 is 0.674 bits per heavy atom. The summed E-state index contributed by atoms with van der Waals surface area (Å²) in [7, 11) is 4.20. The van der Waals surface area contributed by atoms with Gasteiger partial charge in [0.15, 0.2) is 0 Å². The monoisotopic (exact) mass is 561 g/mol. The van der Waals surface area contributed by atoms with Gasteiger partial charge in [-0.15, -0.1) is 0 Å². The fraction of sp³-hybridized carbons (Fsp3) is 0.268. The molecule has 1 fully saturated rings. The van der Waals surface area contributed by atoms with Gasteiger partial charge in [-0.2, -0.15) is 0 Å². The minimum Gasteiger partial charge on any atom is -0.480 e. The molecule has 43 heavy (non-hydrogen) atoms. The van der Waals surface area contributed by atoms with E-state index in [1.54, 1.807) is 0 Å². The lowest BCUT2D eigenvalue weighted by atomic mass is 9.67. The molecule has 1 unspecified atom stereocenters. The SMILES string of the molecule is CN(C)c1ccc(C2=Cc3c4c(c5ccccc5c3OC2c2ccccc2)-c2ccccc2C42CCCCCCC2)cc1. The van der Waals surface area contributed by atoms with E-state index in [2.05, 4.69) is 128 Å². The quantitative estimate of drug-likeness (QED) is 0.217. The van der Waals surface area contributed by atoms with Crippen molar-refractivity contribution >= 4 is 28.1 Å². The van der Waals surface area contributed by atoms with Crippen LogP contribution in [-0.2, 0) is 5.41 Å². The topological polar surface area (TPSA) is 12.5 Å². The van der Waals surface area contributed by atoms with Crippen molar-refractivity contribution in [1.29, 1.82) is 0 Å². The van der Waals surface area contributed by atoms with E-state index in [0.717, 1.165) is 5.75 Å². The number of hydrogen-bond donors (Lipinski definition) is 0. The van der Waals surface area contributed by atoms with Crippen LogP contribution in [0.1, 0.15) is 78.9 Å². The van der Waals surface area contributed by atoms with Crippen molar-refractivity contribution in [3.8, 4) is 16.9 Å². The van der Waals surface area contributed by atoms with Crippen LogP contribution in [0.5, 0.6) is 5.75 Å². The summed E-state index contributed by atoms with van der Waals surface area (Å²) in [6, 6.07) is 38.0. The zero-order chi connectivity index (χ0) is 29.0. The molecule has 1 aliphatic heterocycles. The predicted octanol–water partition coefficient (Wildman–Crippen LogP) is 10.6. The van der Waals surface area contributed by atoms with Crippen LogP contribution in [0.3, 0.4) is 0 Å². The first-order chi connectivity index (χ1) is 21.2. The molecule has 1 spiro atoms. The van der Waals surface area contributed by atoms with Crippen LogP contribution >= 0.6 is 0 Å². The number of fused-ring (bicyclic) bond motifs is 10. The first-order valence-electron chi connectivity index (χ1n) is 16.1. The van der Waals surface area contributed by atoms with E-state index in [1.165, 1.54) is 106 Å². The third-order valence-corrected chi connectivity index (χ3v) is 10.2. The number of anilines is 1. The lowest BCUT2D eigenvalue weighted by Crippen LogP contribution is -2.28. The van der Waals surface area contributed by atoms with E-state index < -0.39 is 0 Å². The Hall–Kier alpha value is -4.30. The summed E-state index contributed by atoms with van der Waals surface area (Å²) in [4.78, 5) is 2.16. The smallest absolute Gasteiger partial charge is 0.150 e. The van der Waals surface area contributed by atoms with Crippen LogP contribution in [0.4, 0.5) is 5.69 Å². The minimum absolute atomic E-state index is 0.0137. The first kappa shape index (κ1) is 26.3. The summed E-state index contributed by atoms with van der Waals surface area (Å²) >= 11 is 0. The van der Waals surface area contributed by atoms with Gasteiger partial charge in [0.2, 0.25) is 0 Å². The molecule has 1 saturated carbocycles. The summed E-state index contributed by atoms with van der Waals surface area (Å²) in [6.45, 7) is 0. The molecule has 0 N–H and O–H groups in total. The Morgan fingerprint density at radius 3 is 2.07 bits per heavy atom. The molecule has 0 saturated heterocycles. The van der Waals surface area contributed by atoms with Gasteiger partial charge in [0.05, 0.1) is 0 Å². The highest BCUT2D eigenvalue weighted by Gasteiger charge is 2.46. The molecular weight excluding hydrogens is 522 g/mol.